The maximum absolute atomic E-state index is 12.9. The molecule has 180 valence electrons. The van der Waals surface area contributed by atoms with Crippen LogP contribution in [-0.4, -0.2) is 35.1 Å². The van der Waals surface area contributed by atoms with E-state index in [9.17, 15) is 23.1 Å². The van der Waals surface area contributed by atoms with Crippen LogP contribution in [0, 0.1) is 34.5 Å². The van der Waals surface area contributed by atoms with Crippen LogP contribution in [-0.2, 0) is 17.4 Å². The van der Waals surface area contributed by atoms with E-state index in [4.69, 9.17) is 0 Å². The lowest BCUT2D eigenvalue weighted by Crippen LogP contribution is -2.59. The Bertz CT molecular complexity index is 957. The Morgan fingerprint density at radius 3 is 2.45 bits per heavy atom. The minimum Gasteiger partial charge on any atom is -0.392 e. The maximum Gasteiger partial charge on any atom is 0.416 e. The summed E-state index contributed by atoms with van der Waals surface area (Å²) in [5.74, 6) is 1.54. The summed E-state index contributed by atoms with van der Waals surface area (Å²) in [6.45, 7) is 4.54. The molecule has 0 spiro atoms. The zero-order valence-electron chi connectivity index (χ0n) is 19.6. The number of benzene rings is 1. The predicted octanol–water partition coefficient (Wildman–Crippen LogP) is 5.47. The van der Waals surface area contributed by atoms with Crippen molar-refractivity contribution in [1.82, 2.24) is 4.90 Å². The van der Waals surface area contributed by atoms with Crippen molar-refractivity contribution in [2.45, 2.75) is 70.7 Å². The van der Waals surface area contributed by atoms with Crippen LogP contribution in [0.25, 0.3) is 0 Å². The number of hydrogen-bond donors (Lipinski definition) is 1. The molecule has 3 nitrogen and oxygen atoms in total. The van der Waals surface area contributed by atoms with Gasteiger partial charge in [0.2, 0.25) is 5.91 Å². The number of aliphatic hydroxyl groups is 1. The second kappa shape index (κ2) is 7.59. The third-order valence-electron chi connectivity index (χ3n) is 10.0. The summed E-state index contributed by atoms with van der Waals surface area (Å²) in [5, 5.41) is 11.4. The molecular formula is C27H34F3NO2. The number of fused-ring (bicyclic) bond motifs is 5. The van der Waals surface area contributed by atoms with E-state index in [1.807, 2.05) is 11.9 Å². The van der Waals surface area contributed by atoms with Gasteiger partial charge in [-0.15, -0.1) is 0 Å². The lowest BCUT2D eigenvalue weighted by Gasteiger charge is -2.60. The number of nitrogens with zero attached hydrogens (tertiary/aromatic N) is 1. The first-order valence-corrected chi connectivity index (χ1v) is 12.3. The summed E-state index contributed by atoms with van der Waals surface area (Å²) in [7, 11) is 1.92. The highest BCUT2D eigenvalue weighted by Gasteiger charge is 2.62. The van der Waals surface area contributed by atoms with E-state index in [1.54, 1.807) is 18.2 Å². The highest BCUT2D eigenvalue weighted by Crippen LogP contribution is 2.65. The fourth-order valence-electron chi connectivity index (χ4n) is 8.22. The number of carbonyl (C=O) groups is 1. The van der Waals surface area contributed by atoms with Crippen molar-refractivity contribution in [3.8, 4) is 0 Å². The molecule has 8 atom stereocenters. The molecule has 1 aromatic carbocycles. The molecule has 1 aromatic rings. The van der Waals surface area contributed by atoms with Crippen LogP contribution < -0.4 is 0 Å². The van der Waals surface area contributed by atoms with Crippen molar-refractivity contribution in [2.75, 3.05) is 7.05 Å². The first-order chi connectivity index (χ1) is 15.4. The highest BCUT2D eigenvalue weighted by atomic mass is 19.4. The summed E-state index contributed by atoms with van der Waals surface area (Å²) in [6, 6.07) is 5.66. The molecule has 3 unspecified atom stereocenters. The molecule has 4 aliphatic rings. The molecule has 6 heteroatoms. The Morgan fingerprint density at radius 1 is 1.09 bits per heavy atom. The molecule has 0 aromatic heterocycles. The van der Waals surface area contributed by atoms with Gasteiger partial charge in [0, 0.05) is 18.5 Å². The fourth-order valence-corrected chi connectivity index (χ4v) is 8.22. The number of rotatable bonds is 2. The second-order valence-corrected chi connectivity index (χ2v) is 11.5. The average molecular weight is 462 g/mol. The predicted molar refractivity (Wildman–Crippen MR) is 120 cm³/mol. The largest absolute Gasteiger partial charge is 0.416 e. The lowest BCUT2D eigenvalue weighted by molar-refractivity contribution is -0.140. The summed E-state index contributed by atoms with van der Waals surface area (Å²) in [5.41, 5.74) is 0.0391. The van der Waals surface area contributed by atoms with Crippen molar-refractivity contribution in [3.63, 3.8) is 0 Å². The summed E-state index contributed by atoms with van der Waals surface area (Å²) < 4.78 is 38.8. The van der Waals surface area contributed by atoms with Gasteiger partial charge in [-0.3, -0.25) is 4.79 Å². The van der Waals surface area contributed by atoms with Gasteiger partial charge >= 0.3 is 6.18 Å². The monoisotopic (exact) mass is 461 g/mol. The Kier molecular flexibility index (Phi) is 5.28. The van der Waals surface area contributed by atoms with Gasteiger partial charge in [-0.25, -0.2) is 0 Å². The van der Waals surface area contributed by atoms with Crippen molar-refractivity contribution < 1.29 is 23.1 Å². The zero-order chi connectivity index (χ0) is 23.8. The summed E-state index contributed by atoms with van der Waals surface area (Å²) in [6.07, 6.45) is 4.70. The first kappa shape index (κ1) is 22.9. The third-order valence-corrected chi connectivity index (χ3v) is 10.0. The lowest BCUT2D eigenvalue weighted by atomic mass is 9.48. The standard InChI is InChI=1S/C27H34F3NO2/c1-25-13-11-23(32)31(3)22(25)9-8-19-20(25)10-12-26(2)21(19)15-17(24(26)33)14-16-4-6-18(7-5-16)27(28,29)30/h4-7,11,13,17,19-22,24,33H,8-10,12,14-15H2,1-3H3/t17?,19-,20-,21+,22?,24?,25-,26+/m1/s1. The number of likely N-dealkylation sites (N-methyl/N-ethyl adjacent to an activating group) is 1. The molecule has 5 rings (SSSR count). The van der Waals surface area contributed by atoms with Crippen molar-refractivity contribution in [3.05, 3.63) is 47.5 Å². The molecule has 33 heavy (non-hydrogen) atoms. The molecule has 1 aliphatic heterocycles. The number of amides is 1. The van der Waals surface area contributed by atoms with E-state index >= 15 is 0 Å². The van der Waals surface area contributed by atoms with Gasteiger partial charge in [-0.2, -0.15) is 13.2 Å². The van der Waals surface area contributed by atoms with Crippen LogP contribution in [0.4, 0.5) is 13.2 Å². The highest BCUT2D eigenvalue weighted by molar-refractivity contribution is 5.89. The van der Waals surface area contributed by atoms with E-state index in [1.165, 1.54) is 0 Å². The first-order valence-electron chi connectivity index (χ1n) is 12.3. The third kappa shape index (κ3) is 3.46. The topological polar surface area (TPSA) is 40.5 Å². The van der Waals surface area contributed by atoms with Gasteiger partial charge in [0.1, 0.15) is 0 Å². The van der Waals surface area contributed by atoms with E-state index in [0.717, 1.165) is 49.8 Å². The van der Waals surface area contributed by atoms with E-state index in [-0.39, 0.29) is 28.7 Å². The van der Waals surface area contributed by atoms with Crippen molar-refractivity contribution >= 4 is 5.91 Å². The van der Waals surface area contributed by atoms with E-state index in [2.05, 4.69) is 19.9 Å². The van der Waals surface area contributed by atoms with Gasteiger partial charge in [-0.1, -0.05) is 32.1 Å². The minimum absolute atomic E-state index is 0.0383. The molecule has 1 amide bonds. The van der Waals surface area contributed by atoms with Gasteiger partial charge in [0.25, 0.3) is 0 Å². The quantitative estimate of drug-likeness (QED) is 0.634. The Morgan fingerprint density at radius 2 is 1.79 bits per heavy atom. The Hall–Kier alpha value is -1.82. The zero-order valence-corrected chi connectivity index (χ0v) is 19.6. The smallest absolute Gasteiger partial charge is 0.392 e. The van der Waals surface area contributed by atoms with Crippen LogP contribution in [0.15, 0.2) is 36.4 Å². The van der Waals surface area contributed by atoms with Crippen molar-refractivity contribution in [1.29, 1.82) is 0 Å². The Labute approximate surface area is 194 Å². The summed E-state index contributed by atoms with van der Waals surface area (Å²) in [4.78, 5) is 14.2. The Balaban J connectivity index is 1.37. The van der Waals surface area contributed by atoms with Crippen LogP contribution in [0.2, 0.25) is 0 Å². The normalized spacial score (nSPS) is 42.6. The molecule has 1 heterocycles. The van der Waals surface area contributed by atoms with Crippen LogP contribution in [0.5, 0.6) is 0 Å². The van der Waals surface area contributed by atoms with Crippen LogP contribution >= 0.6 is 0 Å². The number of aliphatic hydroxyl groups excluding tert-OH is 1. The SMILES string of the molecule is CN1C(=O)C=C[C@@]2(C)C1CC[C@@H]1[C@H]2CC[C@]2(C)C(O)C(Cc3ccc(C(F)(F)F)cc3)C[C@@H]12. The van der Waals surface area contributed by atoms with E-state index < -0.39 is 17.8 Å². The molecule has 0 radical (unpaired) electrons. The van der Waals surface area contributed by atoms with Crippen LogP contribution in [0.3, 0.4) is 0 Å². The van der Waals surface area contributed by atoms with Gasteiger partial charge in [0.05, 0.1) is 11.7 Å². The number of alkyl halides is 3. The minimum atomic E-state index is -4.33. The van der Waals surface area contributed by atoms with Crippen LogP contribution in [0.1, 0.15) is 57.1 Å². The van der Waals surface area contributed by atoms with E-state index in [0.29, 0.717) is 24.2 Å². The van der Waals surface area contributed by atoms with Gasteiger partial charge in [-0.05, 0) is 91.4 Å². The molecule has 3 fully saturated rings. The molecule has 3 aliphatic carbocycles. The van der Waals surface area contributed by atoms with Gasteiger partial charge in [0.15, 0.2) is 0 Å². The molecule has 3 saturated carbocycles. The molecule has 0 bridgehead atoms. The van der Waals surface area contributed by atoms with Gasteiger partial charge < -0.3 is 10.0 Å². The molecule has 0 saturated heterocycles. The molecule has 1 N–H and O–H groups in total. The number of hydrogen-bond acceptors (Lipinski definition) is 2. The fraction of sp³-hybridized carbons (Fsp3) is 0.667. The second-order valence-electron chi connectivity index (χ2n) is 11.5. The summed E-state index contributed by atoms with van der Waals surface area (Å²) >= 11 is 0. The maximum atomic E-state index is 12.9. The number of carbonyl (C=O) groups excluding carboxylic acids is 1. The average Bonchev–Trinajstić information content (AvgIpc) is 3.01. The molecular weight excluding hydrogens is 427 g/mol. The van der Waals surface area contributed by atoms with Crippen molar-refractivity contribution in [2.24, 2.45) is 34.5 Å². The number of halogens is 3.